The Kier molecular flexibility index (Phi) is 3.86. The lowest BCUT2D eigenvalue weighted by Crippen LogP contribution is -2.45. The fraction of sp³-hybridized carbons (Fsp3) is 0.500. The highest BCUT2D eigenvalue weighted by molar-refractivity contribution is 7.90. The number of rotatable bonds is 4. The minimum atomic E-state index is -3.52. The third-order valence-electron chi connectivity index (χ3n) is 3.10. The second-order valence-electron chi connectivity index (χ2n) is 4.18. The van der Waals surface area contributed by atoms with E-state index in [0.717, 1.165) is 0 Å². The van der Waals surface area contributed by atoms with Gasteiger partial charge in [0.2, 0.25) is 0 Å². The Bertz CT molecular complexity index is 559. The number of benzene rings is 1. The zero-order valence-electron chi connectivity index (χ0n) is 11.3. The van der Waals surface area contributed by atoms with Crippen molar-refractivity contribution < 1.29 is 17.9 Å². The van der Waals surface area contributed by atoms with Gasteiger partial charge in [-0.05, 0) is 12.1 Å². The smallest absolute Gasteiger partial charge is 0.304 e. The van der Waals surface area contributed by atoms with Crippen LogP contribution in [-0.4, -0.2) is 46.6 Å². The van der Waals surface area contributed by atoms with E-state index < -0.39 is 10.2 Å². The van der Waals surface area contributed by atoms with Gasteiger partial charge in [0.05, 0.1) is 19.3 Å². The predicted octanol–water partition coefficient (Wildman–Crippen LogP) is 1.09. The first-order chi connectivity index (χ1) is 9.00. The first-order valence-electron chi connectivity index (χ1n) is 6.05. The van der Waals surface area contributed by atoms with E-state index in [2.05, 4.69) is 0 Å². The van der Waals surface area contributed by atoms with Crippen molar-refractivity contribution in [2.75, 3.05) is 38.2 Å². The van der Waals surface area contributed by atoms with E-state index in [1.165, 1.54) is 8.61 Å². The third-order valence-corrected chi connectivity index (χ3v) is 5.09. The molecule has 0 saturated carbocycles. The molecule has 2 rings (SSSR count). The Hall–Kier alpha value is -1.47. The number of hydrogen-bond acceptors (Lipinski definition) is 4. The van der Waals surface area contributed by atoms with Crippen LogP contribution in [0.5, 0.6) is 11.5 Å². The molecule has 19 heavy (non-hydrogen) atoms. The molecule has 1 aliphatic rings. The number of anilines is 1. The van der Waals surface area contributed by atoms with E-state index in [0.29, 0.717) is 36.9 Å². The molecule has 0 saturated heterocycles. The van der Waals surface area contributed by atoms with Gasteiger partial charge in [-0.2, -0.15) is 12.7 Å². The Morgan fingerprint density at radius 3 is 2.84 bits per heavy atom. The van der Waals surface area contributed by atoms with Crippen LogP contribution in [0.1, 0.15) is 6.92 Å². The first-order valence-corrected chi connectivity index (χ1v) is 7.45. The van der Waals surface area contributed by atoms with Crippen molar-refractivity contribution in [3.63, 3.8) is 0 Å². The summed E-state index contributed by atoms with van der Waals surface area (Å²) >= 11 is 0. The van der Waals surface area contributed by atoms with Gasteiger partial charge in [-0.25, -0.2) is 0 Å². The molecule has 106 valence electrons. The standard InChI is InChI=1S/C12H18N2O4S/c1-4-13(2)19(15,16)14-7-8-18-12-6-5-10(17-3)9-11(12)14/h5-6,9H,4,7-8H2,1-3H3. The number of ether oxygens (including phenoxy) is 2. The van der Waals surface area contributed by atoms with Gasteiger partial charge in [0.1, 0.15) is 18.1 Å². The molecule has 0 bridgehead atoms. The van der Waals surface area contributed by atoms with Gasteiger partial charge in [-0.1, -0.05) is 6.92 Å². The monoisotopic (exact) mass is 286 g/mol. The molecule has 0 aliphatic carbocycles. The second-order valence-corrected chi connectivity index (χ2v) is 6.14. The molecule has 1 heterocycles. The average molecular weight is 286 g/mol. The van der Waals surface area contributed by atoms with Gasteiger partial charge >= 0.3 is 10.2 Å². The maximum Gasteiger partial charge on any atom is 0.304 e. The number of hydrogen-bond donors (Lipinski definition) is 0. The Labute approximate surface area is 113 Å². The molecule has 7 heteroatoms. The Balaban J connectivity index is 2.47. The summed E-state index contributed by atoms with van der Waals surface area (Å²) in [4.78, 5) is 0. The lowest BCUT2D eigenvalue weighted by atomic mass is 10.2. The molecule has 0 spiro atoms. The number of methoxy groups -OCH3 is 1. The Morgan fingerprint density at radius 1 is 1.47 bits per heavy atom. The van der Waals surface area contributed by atoms with Crippen LogP contribution in [0.25, 0.3) is 0 Å². The predicted molar refractivity (Wildman–Crippen MR) is 73.1 cm³/mol. The molecule has 6 nitrogen and oxygen atoms in total. The van der Waals surface area contributed by atoms with Crippen LogP contribution in [0.2, 0.25) is 0 Å². The zero-order chi connectivity index (χ0) is 14.0. The van der Waals surface area contributed by atoms with E-state index in [1.54, 1.807) is 39.3 Å². The third kappa shape index (κ3) is 2.48. The van der Waals surface area contributed by atoms with Gasteiger partial charge in [-0.15, -0.1) is 0 Å². The van der Waals surface area contributed by atoms with E-state index in [1.807, 2.05) is 0 Å². The summed E-state index contributed by atoms with van der Waals surface area (Å²) in [7, 11) is -0.415. The number of fused-ring (bicyclic) bond motifs is 1. The molecule has 1 aromatic rings. The summed E-state index contributed by atoms with van der Waals surface area (Å²) in [5.74, 6) is 1.16. The van der Waals surface area contributed by atoms with Crippen LogP contribution in [0.3, 0.4) is 0 Å². The molecular weight excluding hydrogens is 268 g/mol. The maximum absolute atomic E-state index is 12.4. The van der Waals surface area contributed by atoms with Crippen LogP contribution in [-0.2, 0) is 10.2 Å². The van der Waals surface area contributed by atoms with Crippen molar-refractivity contribution in [1.29, 1.82) is 0 Å². The molecule has 0 amide bonds. The van der Waals surface area contributed by atoms with Gasteiger partial charge in [0, 0.05) is 19.7 Å². The van der Waals surface area contributed by atoms with Crippen molar-refractivity contribution in [2.45, 2.75) is 6.92 Å². The van der Waals surface area contributed by atoms with Crippen LogP contribution < -0.4 is 13.8 Å². The highest BCUT2D eigenvalue weighted by atomic mass is 32.2. The van der Waals surface area contributed by atoms with Crippen LogP contribution >= 0.6 is 0 Å². The van der Waals surface area contributed by atoms with Gasteiger partial charge in [0.15, 0.2) is 0 Å². The molecule has 0 aromatic heterocycles. The van der Waals surface area contributed by atoms with Crippen LogP contribution in [0, 0.1) is 0 Å². The van der Waals surface area contributed by atoms with E-state index >= 15 is 0 Å². The summed E-state index contributed by atoms with van der Waals surface area (Å²) in [6.07, 6.45) is 0. The van der Waals surface area contributed by atoms with Crippen LogP contribution in [0.4, 0.5) is 5.69 Å². The molecule has 0 fully saturated rings. The zero-order valence-corrected chi connectivity index (χ0v) is 12.1. The first kappa shape index (κ1) is 14.0. The van der Waals surface area contributed by atoms with Gasteiger partial charge in [-0.3, -0.25) is 4.31 Å². The maximum atomic E-state index is 12.4. The van der Waals surface area contributed by atoms with E-state index in [4.69, 9.17) is 9.47 Å². The van der Waals surface area contributed by atoms with E-state index in [-0.39, 0.29) is 0 Å². The summed E-state index contributed by atoms with van der Waals surface area (Å²) in [6.45, 7) is 2.85. The largest absolute Gasteiger partial charge is 0.497 e. The second kappa shape index (κ2) is 5.26. The summed E-state index contributed by atoms with van der Waals surface area (Å²) in [5.41, 5.74) is 0.519. The fourth-order valence-corrected chi connectivity index (χ4v) is 3.23. The van der Waals surface area contributed by atoms with Gasteiger partial charge < -0.3 is 9.47 Å². The molecule has 0 N–H and O–H groups in total. The minimum absolute atomic E-state index is 0.298. The molecule has 0 radical (unpaired) electrons. The van der Waals surface area contributed by atoms with Crippen molar-refractivity contribution in [1.82, 2.24) is 4.31 Å². The minimum Gasteiger partial charge on any atom is -0.497 e. The highest BCUT2D eigenvalue weighted by Crippen LogP contribution is 2.36. The summed E-state index contributed by atoms with van der Waals surface area (Å²) < 4.78 is 38.2. The average Bonchev–Trinajstić information content (AvgIpc) is 2.44. The molecule has 0 unspecified atom stereocenters. The molecular formula is C12H18N2O4S. The lowest BCUT2D eigenvalue weighted by Gasteiger charge is -2.33. The topological polar surface area (TPSA) is 59.1 Å². The number of nitrogens with zero attached hydrogens (tertiary/aromatic N) is 2. The van der Waals surface area contributed by atoms with Crippen molar-refractivity contribution in [2.24, 2.45) is 0 Å². The lowest BCUT2D eigenvalue weighted by molar-refractivity contribution is 0.313. The SMILES string of the molecule is CCN(C)S(=O)(=O)N1CCOc2ccc(OC)cc21. The quantitative estimate of drug-likeness (QED) is 0.831. The summed E-state index contributed by atoms with van der Waals surface area (Å²) in [5, 5.41) is 0. The van der Waals surface area contributed by atoms with Crippen molar-refractivity contribution >= 4 is 15.9 Å². The van der Waals surface area contributed by atoms with Crippen LogP contribution in [0.15, 0.2) is 18.2 Å². The van der Waals surface area contributed by atoms with Crippen molar-refractivity contribution in [3.05, 3.63) is 18.2 Å². The Morgan fingerprint density at radius 2 is 2.21 bits per heavy atom. The normalized spacial score (nSPS) is 15.1. The fourth-order valence-electron chi connectivity index (χ4n) is 1.87. The molecule has 1 aromatic carbocycles. The molecule has 1 aliphatic heterocycles. The van der Waals surface area contributed by atoms with Crippen molar-refractivity contribution in [3.8, 4) is 11.5 Å². The summed E-state index contributed by atoms with van der Waals surface area (Å²) in [6, 6.07) is 5.15. The highest BCUT2D eigenvalue weighted by Gasteiger charge is 2.31. The molecule has 0 atom stereocenters. The van der Waals surface area contributed by atoms with E-state index in [9.17, 15) is 8.42 Å². The van der Waals surface area contributed by atoms with Gasteiger partial charge in [0.25, 0.3) is 0 Å².